The number of amides is 4. The van der Waals surface area contributed by atoms with Crippen LogP contribution in [-0.2, 0) is 14.4 Å². The number of nitrogens with one attached hydrogen (secondary N) is 1. The number of hydrogen-bond donors (Lipinski definition) is 2. The lowest BCUT2D eigenvalue weighted by Crippen LogP contribution is -2.54. The molecule has 2 N–H and O–H groups in total. The van der Waals surface area contributed by atoms with Crippen molar-refractivity contribution in [3.05, 3.63) is 63.6 Å². The van der Waals surface area contributed by atoms with Crippen molar-refractivity contribution in [2.24, 2.45) is 0 Å². The molecule has 0 aromatic heterocycles. The fourth-order valence-corrected chi connectivity index (χ4v) is 3.13. The van der Waals surface area contributed by atoms with E-state index in [2.05, 4.69) is 21.2 Å². The summed E-state index contributed by atoms with van der Waals surface area (Å²) in [5, 5.41) is 10.8. The Kier molecular flexibility index (Phi) is 5.79. The van der Waals surface area contributed by atoms with Gasteiger partial charge in [-0.05, 0) is 58.8 Å². The van der Waals surface area contributed by atoms with Crippen LogP contribution in [0, 0.1) is 6.92 Å². The molecule has 4 amide bonds. The molecule has 1 fully saturated rings. The van der Waals surface area contributed by atoms with E-state index in [1.54, 1.807) is 36.4 Å². The Balaban J connectivity index is 1.91. The summed E-state index contributed by atoms with van der Waals surface area (Å²) in [7, 11) is 0. The summed E-state index contributed by atoms with van der Waals surface area (Å²) in [4.78, 5) is 48.8. The first-order valence-electron chi connectivity index (χ1n) is 8.38. The van der Waals surface area contributed by atoms with Crippen molar-refractivity contribution in [3.63, 3.8) is 0 Å². The number of carboxylic acid groups (broad SMARTS) is 1. The van der Waals surface area contributed by atoms with Gasteiger partial charge in [0.2, 0.25) is 0 Å². The van der Waals surface area contributed by atoms with E-state index < -0.39 is 30.4 Å². The smallest absolute Gasteiger partial charge is 0.341 e. The predicted molar refractivity (Wildman–Crippen MR) is 107 cm³/mol. The van der Waals surface area contributed by atoms with E-state index in [-0.39, 0.29) is 5.57 Å². The normalized spacial score (nSPS) is 15.4. The maximum Gasteiger partial charge on any atom is 0.341 e. The van der Waals surface area contributed by atoms with Gasteiger partial charge in [-0.1, -0.05) is 23.8 Å². The fraction of sp³-hybridized carbons (Fsp3) is 0.100. The molecule has 2 aromatic carbocycles. The Morgan fingerprint density at radius 1 is 1.17 bits per heavy atom. The maximum absolute atomic E-state index is 12.8. The Hall–Kier alpha value is -3.46. The lowest BCUT2D eigenvalue weighted by molar-refractivity contribution is -0.139. The number of aliphatic carboxylic acids is 1. The van der Waals surface area contributed by atoms with Gasteiger partial charge in [-0.25, -0.2) is 14.5 Å². The number of rotatable bonds is 5. The number of aryl methyl sites for hydroxylation is 1. The van der Waals surface area contributed by atoms with E-state index in [0.29, 0.717) is 21.5 Å². The van der Waals surface area contributed by atoms with Crippen molar-refractivity contribution in [3.8, 4) is 5.75 Å². The summed E-state index contributed by atoms with van der Waals surface area (Å²) in [6.07, 6.45) is 1.34. The number of imide groups is 2. The number of benzene rings is 2. The molecule has 1 heterocycles. The molecule has 8 nitrogen and oxygen atoms in total. The highest BCUT2D eigenvalue weighted by molar-refractivity contribution is 9.10. The average molecular weight is 459 g/mol. The molecule has 0 bridgehead atoms. The Bertz CT molecular complexity index is 1050. The number of carbonyl (C=O) groups is 4. The summed E-state index contributed by atoms with van der Waals surface area (Å²) in [6.45, 7) is 1.37. The third-order valence-electron chi connectivity index (χ3n) is 4.01. The third-order valence-corrected chi connectivity index (χ3v) is 4.63. The van der Waals surface area contributed by atoms with Gasteiger partial charge in [-0.15, -0.1) is 0 Å². The van der Waals surface area contributed by atoms with Crippen LogP contribution in [0.5, 0.6) is 5.75 Å². The molecule has 0 radical (unpaired) electrons. The third kappa shape index (κ3) is 4.52. The number of nitrogens with zero attached hydrogens (tertiary/aromatic N) is 1. The number of carboxylic acids is 1. The Morgan fingerprint density at radius 3 is 2.48 bits per heavy atom. The monoisotopic (exact) mass is 458 g/mol. The van der Waals surface area contributed by atoms with E-state index in [1.165, 1.54) is 12.1 Å². The second-order valence-corrected chi connectivity index (χ2v) is 7.02. The molecule has 1 aliphatic heterocycles. The number of urea groups is 1. The molecule has 9 heteroatoms. The van der Waals surface area contributed by atoms with E-state index in [1.807, 2.05) is 6.92 Å². The van der Waals surface area contributed by atoms with Crippen LogP contribution < -0.4 is 15.0 Å². The average Bonchev–Trinajstić information content (AvgIpc) is 2.65. The molecule has 29 heavy (non-hydrogen) atoms. The van der Waals surface area contributed by atoms with Crippen LogP contribution in [0.15, 0.2) is 52.5 Å². The zero-order chi connectivity index (χ0) is 21.1. The van der Waals surface area contributed by atoms with Gasteiger partial charge in [0, 0.05) is 0 Å². The van der Waals surface area contributed by atoms with E-state index in [4.69, 9.17) is 9.84 Å². The van der Waals surface area contributed by atoms with Crippen LogP contribution in [0.25, 0.3) is 6.08 Å². The van der Waals surface area contributed by atoms with Gasteiger partial charge in [0.05, 0.1) is 10.2 Å². The molecule has 1 aliphatic rings. The molecule has 1 saturated heterocycles. The van der Waals surface area contributed by atoms with Crippen LogP contribution >= 0.6 is 15.9 Å². The lowest BCUT2D eigenvalue weighted by atomic mass is 10.1. The number of ether oxygens (including phenoxy) is 1. The van der Waals surface area contributed by atoms with E-state index >= 15 is 0 Å². The van der Waals surface area contributed by atoms with Crippen LogP contribution in [0.3, 0.4) is 0 Å². The summed E-state index contributed by atoms with van der Waals surface area (Å²) in [6, 6.07) is 10.6. The first-order chi connectivity index (χ1) is 13.8. The highest BCUT2D eigenvalue weighted by atomic mass is 79.9. The van der Waals surface area contributed by atoms with Crippen molar-refractivity contribution in [1.29, 1.82) is 0 Å². The maximum atomic E-state index is 12.8. The number of carbonyl (C=O) groups excluding carboxylic acids is 3. The van der Waals surface area contributed by atoms with Gasteiger partial charge in [-0.3, -0.25) is 14.9 Å². The molecule has 0 atom stereocenters. The van der Waals surface area contributed by atoms with E-state index in [9.17, 15) is 19.2 Å². The number of barbiturate groups is 1. The molecule has 0 saturated carbocycles. The van der Waals surface area contributed by atoms with Gasteiger partial charge in [-0.2, -0.15) is 0 Å². The largest absolute Gasteiger partial charge is 0.481 e. The predicted octanol–water partition coefficient (Wildman–Crippen LogP) is 2.89. The van der Waals surface area contributed by atoms with Gasteiger partial charge in [0.25, 0.3) is 11.8 Å². The number of anilines is 1. The molecular weight excluding hydrogens is 444 g/mol. The van der Waals surface area contributed by atoms with Crippen molar-refractivity contribution in [2.45, 2.75) is 6.92 Å². The fourth-order valence-electron chi connectivity index (χ4n) is 2.62. The van der Waals surface area contributed by atoms with Crippen LogP contribution in [-0.4, -0.2) is 35.5 Å². The standard InChI is InChI=1S/C20H15BrN2O6/c1-11-2-5-13(6-3-11)23-19(27)14(18(26)22-20(23)28)8-12-4-7-16(15(21)9-12)29-10-17(24)25/h2-9H,10H2,1H3,(H,24,25)(H,22,26,28). The van der Waals surface area contributed by atoms with E-state index in [0.717, 1.165) is 10.5 Å². The molecule has 0 unspecified atom stereocenters. The highest BCUT2D eigenvalue weighted by Crippen LogP contribution is 2.28. The van der Waals surface area contributed by atoms with Crippen LogP contribution in [0.2, 0.25) is 0 Å². The van der Waals surface area contributed by atoms with Crippen LogP contribution in [0.1, 0.15) is 11.1 Å². The Morgan fingerprint density at radius 2 is 1.86 bits per heavy atom. The van der Waals surface area contributed by atoms with Gasteiger partial charge in [0.1, 0.15) is 11.3 Å². The zero-order valence-electron chi connectivity index (χ0n) is 15.1. The first-order valence-corrected chi connectivity index (χ1v) is 9.18. The summed E-state index contributed by atoms with van der Waals surface area (Å²) in [5.41, 5.74) is 1.57. The lowest BCUT2D eigenvalue weighted by Gasteiger charge is -2.26. The number of hydrogen-bond acceptors (Lipinski definition) is 5. The molecule has 2 aromatic rings. The quantitative estimate of drug-likeness (QED) is 0.525. The highest BCUT2D eigenvalue weighted by Gasteiger charge is 2.36. The molecule has 0 spiro atoms. The van der Waals surface area contributed by atoms with Crippen molar-refractivity contribution >= 4 is 51.5 Å². The summed E-state index contributed by atoms with van der Waals surface area (Å²) in [5.74, 6) is -2.37. The second-order valence-electron chi connectivity index (χ2n) is 6.17. The minimum absolute atomic E-state index is 0.212. The van der Waals surface area contributed by atoms with Gasteiger partial charge < -0.3 is 9.84 Å². The number of halogens is 1. The van der Waals surface area contributed by atoms with Crippen LogP contribution in [0.4, 0.5) is 10.5 Å². The summed E-state index contributed by atoms with van der Waals surface area (Å²) >= 11 is 3.26. The summed E-state index contributed by atoms with van der Waals surface area (Å²) < 4.78 is 5.57. The minimum atomic E-state index is -1.12. The molecule has 0 aliphatic carbocycles. The van der Waals surface area contributed by atoms with Gasteiger partial charge >= 0.3 is 12.0 Å². The topological polar surface area (TPSA) is 113 Å². The first kappa shape index (κ1) is 20.3. The molecule has 3 rings (SSSR count). The Labute approximate surface area is 173 Å². The SMILES string of the molecule is Cc1ccc(N2C(=O)NC(=O)C(=Cc3ccc(OCC(=O)O)c(Br)c3)C2=O)cc1. The van der Waals surface area contributed by atoms with Crippen molar-refractivity contribution in [1.82, 2.24) is 5.32 Å². The zero-order valence-corrected chi connectivity index (χ0v) is 16.7. The van der Waals surface area contributed by atoms with Crippen molar-refractivity contribution < 1.29 is 29.0 Å². The second kappa shape index (κ2) is 8.27. The molecular formula is C20H15BrN2O6. The van der Waals surface area contributed by atoms with Crippen molar-refractivity contribution in [2.75, 3.05) is 11.5 Å². The minimum Gasteiger partial charge on any atom is -0.481 e. The molecule has 148 valence electrons. The van der Waals surface area contributed by atoms with Gasteiger partial charge in [0.15, 0.2) is 6.61 Å².